The molecule has 19 heavy (non-hydrogen) atoms. The Balaban J connectivity index is 2.22. The fourth-order valence-corrected chi connectivity index (χ4v) is 2.07. The number of aromatic nitrogens is 1. The minimum absolute atomic E-state index is 0.357. The van der Waals surface area contributed by atoms with E-state index in [1.807, 2.05) is 30.3 Å². The molecule has 4 heteroatoms. The Bertz CT molecular complexity index is 515. The first-order valence-electron chi connectivity index (χ1n) is 6.08. The molecule has 0 amide bonds. The number of pyridine rings is 1. The second-order valence-corrected chi connectivity index (χ2v) is 4.81. The largest absolute Gasteiger partial charge is 0.495 e. The monoisotopic (exact) mass is 276 g/mol. The normalized spacial score (nSPS) is 13.6. The molecular formula is C15H17ClN2O. The number of rotatable bonds is 5. The molecule has 0 bridgehead atoms. The lowest BCUT2D eigenvalue weighted by Gasteiger charge is -2.29. The average Bonchev–Trinajstić information content (AvgIpc) is 2.49. The number of benzene rings is 1. The number of hydrogen-bond donors (Lipinski definition) is 1. The van der Waals surface area contributed by atoms with Crippen LogP contribution in [-0.2, 0) is 5.54 Å². The number of ether oxygens (including phenoxy) is 1. The smallest absolute Gasteiger partial charge is 0.137 e. The van der Waals surface area contributed by atoms with Gasteiger partial charge in [0, 0.05) is 5.88 Å². The molecule has 1 heterocycles. The lowest BCUT2D eigenvalue weighted by atomic mass is 9.94. The quantitative estimate of drug-likeness (QED) is 0.847. The molecule has 3 nitrogen and oxygen atoms in total. The molecular weight excluding hydrogens is 260 g/mol. The van der Waals surface area contributed by atoms with E-state index in [4.69, 9.17) is 16.3 Å². The summed E-state index contributed by atoms with van der Waals surface area (Å²) in [6.07, 6.45) is 1.68. The van der Waals surface area contributed by atoms with Gasteiger partial charge in [0.05, 0.1) is 18.8 Å². The van der Waals surface area contributed by atoms with E-state index in [-0.39, 0.29) is 5.54 Å². The van der Waals surface area contributed by atoms with E-state index >= 15 is 0 Å². The number of hydrogen-bond acceptors (Lipinski definition) is 3. The Morgan fingerprint density at radius 3 is 2.47 bits per heavy atom. The standard InChI is InChI=1S/C15H17ClN2O/c1-15(11-16,12-6-4-3-5-7-12)18-14-9-8-13(19-2)10-17-14/h3-10H,11H2,1-2H3,(H,17,18). The van der Waals surface area contributed by atoms with Crippen LogP contribution in [0.4, 0.5) is 5.82 Å². The van der Waals surface area contributed by atoms with Gasteiger partial charge in [-0.3, -0.25) is 0 Å². The van der Waals surface area contributed by atoms with Crippen LogP contribution in [0.3, 0.4) is 0 Å². The van der Waals surface area contributed by atoms with Crippen molar-refractivity contribution in [3.63, 3.8) is 0 Å². The minimum atomic E-state index is -0.357. The number of nitrogens with zero attached hydrogens (tertiary/aromatic N) is 1. The third kappa shape index (κ3) is 3.18. The van der Waals surface area contributed by atoms with E-state index in [0.29, 0.717) is 5.88 Å². The van der Waals surface area contributed by atoms with Crippen molar-refractivity contribution < 1.29 is 4.74 Å². The van der Waals surface area contributed by atoms with E-state index in [0.717, 1.165) is 17.1 Å². The predicted molar refractivity (Wildman–Crippen MR) is 78.9 cm³/mol. The summed E-state index contributed by atoms with van der Waals surface area (Å²) in [6.45, 7) is 2.06. The summed E-state index contributed by atoms with van der Waals surface area (Å²) < 4.78 is 5.09. The van der Waals surface area contributed by atoms with Crippen molar-refractivity contribution in [3.8, 4) is 5.75 Å². The van der Waals surface area contributed by atoms with Gasteiger partial charge in [-0.15, -0.1) is 11.6 Å². The fraction of sp³-hybridized carbons (Fsp3) is 0.267. The molecule has 2 rings (SSSR count). The average molecular weight is 277 g/mol. The molecule has 0 saturated heterocycles. The summed E-state index contributed by atoms with van der Waals surface area (Å²) >= 11 is 6.14. The lowest BCUT2D eigenvalue weighted by Crippen LogP contribution is -2.34. The fourth-order valence-electron chi connectivity index (χ4n) is 1.85. The van der Waals surface area contributed by atoms with Gasteiger partial charge in [0.1, 0.15) is 11.6 Å². The van der Waals surface area contributed by atoms with Crippen LogP contribution in [0.1, 0.15) is 12.5 Å². The maximum atomic E-state index is 6.14. The Labute approximate surface area is 118 Å². The summed E-state index contributed by atoms with van der Waals surface area (Å²) in [6, 6.07) is 13.9. The van der Waals surface area contributed by atoms with E-state index in [1.54, 1.807) is 13.3 Å². The van der Waals surface area contributed by atoms with Gasteiger partial charge in [0.15, 0.2) is 0 Å². The Morgan fingerprint density at radius 1 is 1.21 bits per heavy atom. The topological polar surface area (TPSA) is 34.1 Å². The van der Waals surface area contributed by atoms with Crippen molar-refractivity contribution in [2.45, 2.75) is 12.5 Å². The second kappa shape index (κ2) is 5.93. The molecule has 0 radical (unpaired) electrons. The molecule has 0 aliphatic heterocycles. The maximum Gasteiger partial charge on any atom is 0.137 e. The zero-order valence-corrected chi connectivity index (χ0v) is 11.8. The van der Waals surface area contributed by atoms with Crippen LogP contribution in [0.5, 0.6) is 5.75 Å². The zero-order chi connectivity index (χ0) is 13.7. The minimum Gasteiger partial charge on any atom is -0.495 e. The molecule has 0 fully saturated rings. The molecule has 0 spiro atoms. The summed E-state index contributed by atoms with van der Waals surface area (Å²) in [5.74, 6) is 1.95. The molecule has 0 aliphatic carbocycles. The van der Waals surface area contributed by atoms with Crippen molar-refractivity contribution >= 4 is 17.4 Å². The summed E-state index contributed by atoms with van der Waals surface area (Å²) in [5, 5.41) is 3.37. The molecule has 1 unspecified atom stereocenters. The van der Waals surface area contributed by atoms with E-state index in [9.17, 15) is 0 Å². The van der Waals surface area contributed by atoms with Gasteiger partial charge >= 0.3 is 0 Å². The van der Waals surface area contributed by atoms with Gasteiger partial charge in [-0.25, -0.2) is 4.98 Å². The van der Waals surface area contributed by atoms with Crippen molar-refractivity contribution in [2.75, 3.05) is 18.3 Å². The highest BCUT2D eigenvalue weighted by atomic mass is 35.5. The van der Waals surface area contributed by atoms with Crippen LogP contribution in [-0.4, -0.2) is 18.0 Å². The first-order chi connectivity index (χ1) is 9.18. The van der Waals surface area contributed by atoms with Gasteiger partial charge in [0.25, 0.3) is 0 Å². The van der Waals surface area contributed by atoms with Crippen LogP contribution in [0, 0.1) is 0 Å². The van der Waals surface area contributed by atoms with Crippen LogP contribution in [0.2, 0.25) is 0 Å². The molecule has 1 aromatic carbocycles. The van der Waals surface area contributed by atoms with Gasteiger partial charge in [-0.2, -0.15) is 0 Å². The molecule has 1 atom stereocenters. The van der Waals surface area contributed by atoms with Gasteiger partial charge in [0.2, 0.25) is 0 Å². The van der Waals surface area contributed by atoms with E-state index < -0.39 is 0 Å². The summed E-state index contributed by atoms with van der Waals surface area (Å²) in [5.41, 5.74) is 0.771. The number of methoxy groups -OCH3 is 1. The highest BCUT2D eigenvalue weighted by Gasteiger charge is 2.25. The molecule has 2 aromatic rings. The van der Waals surface area contributed by atoms with Crippen molar-refractivity contribution in [3.05, 3.63) is 54.2 Å². The number of alkyl halides is 1. The van der Waals surface area contributed by atoms with Crippen molar-refractivity contribution in [2.24, 2.45) is 0 Å². The highest BCUT2D eigenvalue weighted by Crippen LogP contribution is 2.27. The SMILES string of the molecule is COc1ccc(NC(C)(CCl)c2ccccc2)nc1. The molecule has 1 aromatic heterocycles. The highest BCUT2D eigenvalue weighted by molar-refractivity contribution is 6.18. The second-order valence-electron chi connectivity index (χ2n) is 4.54. The molecule has 100 valence electrons. The molecule has 0 saturated carbocycles. The van der Waals surface area contributed by atoms with Gasteiger partial charge < -0.3 is 10.1 Å². The predicted octanol–water partition coefficient (Wildman–Crippen LogP) is 3.66. The first-order valence-corrected chi connectivity index (χ1v) is 6.61. The van der Waals surface area contributed by atoms with Gasteiger partial charge in [-0.05, 0) is 24.6 Å². The van der Waals surface area contributed by atoms with Crippen LogP contribution in [0.25, 0.3) is 0 Å². The Hall–Kier alpha value is -1.74. The zero-order valence-electron chi connectivity index (χ0n) is 11.1. The van der Waals surface area contributed by atoms with Crippen LogP contribution < -0.4 is 10.1 Å². The van der Waals surface area contributed by atoms with E-state index in [2.05, 4.69) is 29.4 Å². The Kier molecular flexibility index (Phi) is 4.27. The number of halogens is 1. The molecule has 1 N–H and O–H groups in total. The Morgan fingerprint density at radius 2 is 1.95 bits per heavy atom. The lowest BCUT2D eigenvalue weighted by molar-refractivity contribution is 0.413. The van der Waals surface area contributed by atoms with Crippen molar-refractivity contribution in [1.82, 2.24) is 4.98 Å². The van der Waals surface area contributed by atoms with Gasteiger partial charge in [-0.1, -0.05) is 30.3 Å². The molecule has 0 aliphatic rings. The van der Waals surface area contributed by atoms with Crippen LogP contribution in [0.15, 0.2) is 48.7 Å². The number of nitrogens with one attached hydrogen (secondary N) is 1. The third-order valence-electron chi connectivity index (χ3n) is 3.05. The van der Waals surface area contributed by atoms with Crippen LogP contribution >= 0.6 is 11.6 Å². The first kappa shape index (κ1) is 13.7. The summed E-state index contributed by atoms with van der Waals surface area (Å²) in [7, 11) is 1.62. The number of anilines is 1. The third-order valence-corrected chi connectivity index (χ3v) is 3.59. The van der Waals surface area contributed by atoms with Crippen molar-refractivity contribution in [1.29, 1.82) is 0 Å². The maximum absolute atomic E-state index is 6.14. The van der Waals surface area contributed by atoms with E-state index in [1.165, 1.54) is 0 Å². The summed E-state index contributed by atoms with van der Waals surface area (Å²) in [4.78, 5) is 4.31.